The van der Waals surface area contributed by atoms with Gasteiger partial charge in [0.1, 0.15) is 5.75 Å². The number of aryl methyl sites for hydroxylation is 1. The van der Waals surface area contributed by atoms with Crippen molar-refractivity contribution in [2.75, 3.05) is 7.11 Å². The summed E-state index contributed by atoms with van der Waals surface area (Å²) in [5.74, 6) is -0.698. The monoisotopic (exact) mass is 496 g/mol. The summed E-state index contributed by atoms with van der Waals surface area (Å²) in [6.07, 6.45) is 0. The van der Waals surface area contributed by atoms with Gasteiger partial charge in [0.15, 0.2) is 0 Å². The Bertz CT molecular complexity index is 1290. The summed E-state index contributed by atoms with van der Waals surface area (Å²) in [6, 6.07) is 20.9. The van der Waals surface area contributed by atoms with E-state index in [0.717, 1.165) is 12.5 Å². The SMILES string of the molecule is CC(=O)[O-].COc1ccc([O-])c(-c2cccc(-c3cccc(-c4cc(C)ccc4[O-])n3)n2)c1.[Mn+3]. The molecule has 172 valence electrons. The number of nitrogens with zero attached hydrogens (tertiary/aromatic N) is 2. The van der Waals surface area contributed by atoms with E-state index in [1.165, 1.54) is 6.07 Å². The maximum Gasteiger partial charge on any atom is 3.00 e. The second kappa shape index (κ2) is 11.8. The summed E-state index contributed by atoms with van der Waals surface area (Å²) in [7, 11) is 1.55. The summed E-state index contributed by atoms with van der Waals surface area (Å²) < 4.78 is 5.22. The van der Waals surface area contributed by atoms with Gasteiger partial charge in [0.05, 0.1) is 29.9 Å². The molecular weight excluding hydrogens is 475 g/mol. The molecule has 0 saturated carbocycles. The van der Waals surface area contributed by atoms with Crippen LogP contribution in [-0.4, -0.2) is 23.0 Å². The molecule has 8 heteroatoms. The Balaban J connectivity index is 0.000000758. The Morgan fingerprint density at radius 1 is 0.765 bits per heavy atom. The third kappa shape index (κ3) is 6.57. The van der Waals surface area contributed by atoms with E-state index in [9.17, 15) is 10.2 Å². The first-order chi connectivity index (χ1) is 15.8. The zero-order valence-electron chi connectivity index (χ0n) is 18.7. The molecule has 0 aliphatic carbocycles. The van der Waals surface area contributed by atoms with Crippen molar-refractivity contribution in [1.82, 2.24) is 9.97 Å². The van der Waals surface area contributed by atoms with E-state index in [4.69, 9.17) is 14.6 Å². The number of carbonyl (C=O) groups excluding carboxylic acids is 1. The minimum Gasteiger partial charge on any atom is -0.872 e. The van der Waals surface area contributed by atoms with Crippen LogP contribution in [0.2, 0.25) is 0 Å². The molecule has 4 aromatic rings. The van der Waals surface area contributed by atoms with E-state index in [1.54, 1.807) is 43.5 Å². The molecule has 0 aliphatic rings. The quantitative estimate of drug-likeness (QED) is 0.398. The zero-order chi connectivity index (χ0) is 24.0. The van der Waals surface area contributed by atoms with Crippen molar-refractivity contribution in [1.29, 1.82) is 0 Å². The third-order valence-electron chi connectivity index (χ3n) is 4.63. The largest absolute Gasteiger partial charge is 3.00 e. The smallest absolute Gasteiger partial charge is 0.872 e. The standard InChI is InChI=1S/C24H20N2O3.C2H4O2.Mn/c1-15-9-11-23(27)17(13-15)19-5-3-7-21(25-19)22-8-4-6-20(26-22)18-14-16(29-2)10-12-24(18)28;1-2(3)4;/h3-14,27-28H,1-2H3;1H3,(H,3,4);/q;;+3/p-3. The van der Waals surface area contributed by atoms with Crippen LogP contribution in [0.25, 0.3) is 33.9 Å². The number of carbonyl (C=O) groups is 1. The first-order valence-corrected chi connectivity index (χ1v) is 10.0. The molecule has 2 heterocycles. The van der Waals surface area contributed by atoms with Crippen LogP contribution < -0.4 is 20.1 Å². The molecule has 0 fully saturated rings. The molecule has 0 bridgehead atoms. The maximum atomic E-state index is 12.3. The second-order valence-electron chi connectivity index (χ2n) is 7.17. The fourth-order valence-electron chi connectivity index (χ4n) is 3.13. The molecular formula is C26H21MnN2O5. The van der Waals surface area contributed by atoms with E-state index < -0.39 is 5.97 Å². The van der Waals surface area contributed by atoms with E-state index in [-0.39, 0.29) is 28.6 Å². The number of benzene rings is 2. The van der Waals surface area contributed by atoms with E-state index >= 15 is 0 Å². The summed E-state index contributed by atoms with van der Waals surface area (Å²) in [4.78, 5) is 18.2. The van der Waals surface area contributed by atoms with E-state index in [1.807, 2.05) is 37.3 Å². The fraction of sp³-hybridized carbons (Fsp3) is 0.115. The number of carboxylic acids is 1. The van der Waals surface area contributed by atoms with Gasteiger partial charge in [-0.25, -0.2) is 9.97 Å². The van der Waals surface area contributed by atoms with Gasteiger partial charge in [0, 0.05) is 5.97 Å². The summed E-state index contributed by atoms with van der Waals surface area (Å²) in [5, 5.41) is 33.4. The Kier molecular flexibility index (Phi) is 9.18. The van der Waals surface area contributed by atoms with Crippen LogP contribution in [0.15, 0.2) is 72.8 Å². The predicted octanol–water partition coefficient (Wildman–Crippen LogP) is 2.70. The number of hydrogen-bond acceptors (Lipinski definition) is 7. The van der Waals surface area contributed by atoms with Gasteiger partial charge in [-0.15, -0.1) is 0 Å². The number of aliphatic carboxylic acids is 1. The number of pyridine rings is 2. The number of ether oxygens (including phenoxy) is 1. The zero-order valence-corrected chi connectivity index (χ0v) is 19.9. The van der Waals surface area contributed by atoms with E-state index in [2.05, 4.69) is 9.97 Å². The molecule has 4 rings (SSSR count). The molecule has 2 aromatic heterocycles. The van der Waals surface area contributed by atoms with Gasteiger partial charge in [-0.3, -0.25) is 0 Å². The molecule has 0 radical (unpaired) electrons. The van der Waals surface area contributed by atoms with Gasteiger partial charge in [-0.1, -0.05) is 53.5 Å². The molecule has 0 aliphatic heterocycles. The van der Waals surface area contributed by atoms with Crippen molar-refractivity contribution in [2.45, 2.75) is 13.8 Å². The summed E-state index contributed by atoms with van der Waals surface area (Å²) in [5.41, 5.74) is 4.38. The molecule has 0 amide bonds. The van der Waals surface area contributed by atoms with Gasteiger partial charge in [-0.05, 0) is 61.4 Å². The Morgan fingerprint density at radius 3 is 1.71 bits per heavy atom. The van der Waals surface area contributed by atoms with Gasteiger partial charge in [0.2, 0.25) is 0 Å². The average molecular weight is 496 g/mol. The molecule has 0 unspecified atom stereocenters. The molecule has 0 spiro atoms. The van der Waals surface area contributed by atoms with Crippen molar-refractivity contribution in [3.05, 3.63) is 78.4 Å². The predicted molar refractivity (Wildman–Crippen MR) is 119 cm³/mol. The first-order valence-electron chi connectivity index (χ1n) is 10.0. The van der Waals surface area contributed by atoms with Crippen LogP contribution in [0.4, 0.5) is 0 Å². The van der Waals surface area contributed by atoms with Crippen LogP contribution in [0, 0.1) is 6.92 Å². The van der Waals surface area contributed by atoms with Gasteiger partial charge in [-0.2, -0.15) is 0 Å². The van der Waals surface area contributed by atoms with Crippen LogP contribution in [0.5, 0.6) is 17.2 Å². The number of methoxy groups -OCH3 is 1. The fourth-order valence-corrected chi connectivity index (χ4v) is 3.13. The Hall–Kier alpha value is -3.87. The van der Waals surface area contributed by atoms with Crippen molar-refractivity contribution in [3.63, 3.8) is 0 Å². The number of aromatic nitrogens is 2. The average Bonchev–Trinajstić information content (AvgIpc) is 2.81. The van der Waals surface area contributed by atoms with E-state index in [0.29, 0.717) is 39.7 Å². The first kappa shape index (κ1) is 26.4. The number of carboxylic acid groups (broad SMARTS) is 1. The van der Waals surface area contributed by atoms with Crippen LogP contribution >= 0.6 is 0 Å². The number of hydrogen-bond donors (Lipinski definition) is 0. The van der Waals surface area contributed by atoms with Crippen LogP contribution in [0.3, 0.4) is 0 Å². The molecule has 34 heavy (non-hydrogen) atoms. The Morgan fingerprint density at radius 2 is 1.21 bits per heavy atom. The third-order valence-corrected chi connectivity index (χ3v) is 4.63. The molecule has 0 saturated heterocycles. The molecule has 2 aromatic carbocycles. The van der Waals surface area contributed by atoms with Gasteiger partial charge in [0.25, 0.3) is 0 Å². The Labute approximate surface area is 208 Å². The summed E-state index contributed by atoms with van der Waals surface area (Å²) in [6.45, 7) is 2.91. The number of rotatable bonds is 4. The summed E-state index contributed by atoms with van der Waals surface area (Å²) >= 11 is 0. The molecule has 0 atom stereocenters. The maximum absolute atomic E-state index is 12.3. The minimum absolute atomic E-state index is 0. The minimum atomic E-state index is -1.08. The van der Waals surface area contributed by atoms with Gasteiger partial charge < -0.3 is 24.9 Å². The van der Waals surface area contributed by atoms with Crippen molar-refractivity contribution in [3.8, 4) is 51.2 Å². The van der Waals surface area contributed by atoms with Gasteiger partial charge >= 0.3 is 17.1 Å². The normalized spacial score (nSPS) is 9.85. The molecule has 0 N–H and O–H groups in total. The van der Waals surface area contributed by atoms with Crippen molar-refractivity contribution < 1.29 is 41.9 Å². The second-order valence-corrected chi connectivity index (χ2v) is 7.17. The van der Waals surface area contributed by atoms with Crippen molar-refractivity contribution in [2.24, 2.45) is 0 Å². The van der Waals surface area contributed by atoms with Crippen LogP contribution in [0.1, 0.15) is 12.5 Å². The topological polar surface area (TPSA) is 121 Å². The van der Waals surface area contributed by atoms with Crippen LogP contribution in [-0.2, 0) is 21.9 Å². The van der Waals surface area contributed by atoms with Crippen molar-refractivity contribution >= 4 is 5.97 Å². The molecule has 7 nitrogen and oxygen atoms in total.